The summed E-state index contributed by atoms with van der Waals surface area (Å²) in [6, 6.07) is 4.91. The van der Waals surface area contributed by atoms with Gasteiger partial charge in [-0.15, -0.1) is 0 Å². The van der Waals surface area contributed by atoms with Crippen molar-refractivity contribution in [3.05, 3.63) is 34.9 Å². The van der Waals surface area contributed by atoms with Crippen LogP contribution in [0.3, 0.4) is 0 Å². The molecule has 1 N–H and O–H groups in total. The zero-order valence-electron chi connectivity index (χ0n) is 14.2. The number of imide groups is 1. The molecule has 7 nitrogen and oxygen atoms in total. The van der Waals surface area contributed by atoms with Crippen molar-refractivity contribution in [3.8, 4) is 0 Å². The van der Waals surface area contributed by atoms with Crippen molar-refractivity contribution >= 4 is 17.7 Å². The number of amides is 3. The van der Waals surface area contributed by atoms with Crippen LogP contribution in [0.25, 0.3) is 0 Å². The van der Waals surface area contributed by atoms with E-state index >= 15 is 0 Å². The molecule has 2 heterocycles. The Morgan fingerprint density at radius 1 is 1.12 bits per heavy atom. The summed E-state index contributed by atoms with van der Waals surface area (Å²) in [6.07, 6.45) is 0. The Balaban J connectivity index is 1.68. The smallest absolute Gasteiger partial charge is 0.261 e. The molecule has 0 aromatic heterocycles. The molecule has 1 aromatic carbocycles. The van der Waals surface area contributed by atoms with Crippen LogP contribution >= 0.6 is 0 Å². The molecule has 1 fully saturated rings. The number of likely N-dealkylation sites (N-methyl/N-ethyl adjacent to an activating group) is 2. The number of rotatable bonds is 3. The maximum atomic E-state index is 12.4. The molecule has 128 valence electrons. The van der Waals surface area contributed by atoms with Gasteiger partial charge >= 0.3 is 0 Å². The summed E-state index contributed by atoms with van der Waals surface area (Å²) in [6.45, 7) is 3.44. The van der Waals surface area contributed by atoms with Crippen molar-refractivity contribution in [3.63, 3.8) is 0 Å². The molecule has 7 heteroatoms. The van der Waals surface area contributed by atoms with Crippen molar-refractivity contribution in [2.75, 3.05) is 47.3 Å². The topological polar surface area (TPSA) is 73.0 Å². The van der Waals surface area contributed by atoms with Crippen LogP contribution in [0.15, 0.2) is 18.2 Å². The van der Waals surface area contributed by atoms with E-state index in [-0.39, 0.29) is 23.8 Å². The SMILES string of the molecule is CN1CCN(C)C(CNC(=O)c2ccc3c(c2)C(=O)N(C)C3=O)C1. The van der Waals surface area contributed by atoms with Crippen LogP contribution in [-0.2, 0) is 0 Å². The lowest BCUT2D eigenvalue weighted by molar-refractivity contribution is 0.0693. The molecule has 1 aromatic rings. The maximum Gasteiger partial charge on any atom is 0.261 e. The van der Waals surface area contributed by atoms with Gasteiger partial charge in [-0.3, -0.25) is 24.2 Å². The lowest BCUT2D eigenvalue weighted by Crippen LogP contribution is -2.54. The van der Waals surface area contributed by atoms with Gasteiger partial charge in [0.05, 0.1) is 11.1 Å². The molecular weight excluding hydrogens is 308 g/mol. The van der Waals surface area contributed by atoms with E-state index < -0.39 is 0 Å². The van der Waals surface area contributed by atoms with Crippen molar-refractivity contribution < 1.29 is 14.4 Å². The monoisotopic (exact) mass is 330 g/mol. The zero-order valence-corrected chi connectivity index (χ0v) is 14.2. The maximum absolute atomic E-state index is 12.4. The Morgan fingerprint density at radius 3 is 2.58 bits per heavy atom. The minimum absolute atomic E-state index is 0.228. The number of piperazine rings is 1. The van der Waals surface area contributed by atoms with Gasteiger partial charge in [0.2, 0.25) is 0 Å². The van der Waals surface area contributed by atoms with E-state index in [1.54, 1.807) is 12.1 Å². The first-order valence-corrected chi connectivity index (χ1v) is 8.02. The minimum atomic E-state index is -0.363. The van der Waals surface area contributed by atoms with Gasteiger partial charge in [0.1, 0.15) is 0 Å². The number of hydrogen-bond acceptors (Lipinski definition) is 5. The lowest BCUT2D eigenvalue weighted by Gasteiger charge is -2.37. The van der Waals surface area contributed by atoms with Gasteiger partial charge in [-0.25, -0.2) is 0 Å². The van der Waals surface area contributed by atoms with Gasteiger partial charge in [0, 0.05) is 44.8 Å². The van der Waals surface area contributed by atoms with Crippen LogP contribution in [0.5, 0.6) is 0 Å². The minimum Gasteiger partial charge on any atom is -0.350 e. The molecule has 3 rings (SSSR count). The molecule has 2 aliphatic rings. The highest BCUT2D eigenvalue weighted by Crippen LogP contribution is 2.22. The van der Waals surface area contributed by atoms with Crippen molar-refractivity contribution in [2.24, 2.45) is 0 Å². The molecule has 0 saturated carbocycles. The second-order valence-electron chi connectivity index (χ2n) is 6.54. The quantitative estimate of drug-likeness (QED) is 0.783. The van der Waals surface area contributed by atoms with E-state index in [0.717, 1.165) is 24.5 Å². The normalized spacial score (nSPS) is 22.0. The summed E-state index contributed by atoms with van der Waals surface area (Å²) in [5.74, 6) is -0.915. The highest BCUT2D eigenvalue weighted by Gasteiger charge is 2.33. The number of carbonyl (C=O) groups excluding carboxylic acids is 3. The first-order chi connectivity index (χ1) is 11.4. The Labute approximate surface area is 141 Å². The number of hydrogen-bond donors (Lipinski definition) is 1. The number of nitrogens with zero attached hydrogens (tertiary/aromatic N) is 3. The summed E-state index contributed by atoms with van der Waals surface area (Å²) >= 11 is 0. The van der Waals surface area contributed by atoms with Crippen molar-refractivity contribution in [1.82, 2.24) is 20.0 Å². The summed E-state index contributed by atoms with van der Waals surface area (Å²) in [5, 5.41) is 2.93. The van der Waals surface area contributed by atoms with Gasteiger partial charge < -0.3 is 10.2 Å². The first-order valence-electron chi connectivity index (χ1n) is 8.02. The highest BCUT2D eigenvalue weighted by atomic mass is 16.2. The Hall–Kier alpha value is -2.25. The van der Waals surface area contributed by atoms with Gasteiger partial charge in [-0.2, -0.15) is 0 Å². The Morgan fingerprint density at radius 2 is 1.83 bits per heavy atom. The third-order valence-corrected chi connectivity index (χ3v) is 4.83. The number of carbonyl (C=O) groups is 3. The van der Waals surface area contributed by atoms with E-state index in [1.807, 2.05) is 0 Å². The third kappa shape index (κ3) is 2.92. The van der Waals surface area contributed by atoms with Crippen molar-refractivity contribution in [1.29, 1.82) is 0 Å². The van der Waals surface area contributed by atoms with Gasteiger partial charge in [0.25, 0.3) is 17.7 Å². The molecule has 1 saturated heterocycles. The van der Waals surface area contributed by atoms with E-state index in [9.17, 15) is 14.4 Å². The van der Waals surface area contributed by atoms with Crippen LogP contribution in [-0.4, -0.2) is 85.8 Å². The van der Waals surface area contributed by atoms with E-state index in [0.29, 0.717) is 23.2 Å². The molecule has 1 atom stereocenters. The Kier molecular flexibility index (Phi) is 4.38. The molecule has 24 heavy (non-hydrogen) atoms. The summed E-state index contributed by atoms with van der Waals surface area (Å²) < 4.78 is 0. The molecule has 2 aliphatic heterocycles. The average Bonchev–Trinajstić information content (AvgIpc) is 2.79. The highest BCUT2D eigenvalue weighted by molar-refractivity contribution is 6.21. The molecule has 1 unspecified atom stereocenters. The first kappa shape index (κ1) is 16.6. The molecular formula is C17H22N4O3. The predicted octanol–water partition coefficient (Wildman–Crippen LogP) is -0.112. The number of fused-ring (bicyclic) bond motifs is 1. The van der Waals surface area contributed by atoms with Crippen molar-refractivity contribution in [2.45, 2.75) is 6.04 Å². The fourth-order valence-corrected chi connectivity index (χ4v) is 3.14. The Bertz CT molecular complexity index is 703. The third-order valence-electron chi connectivity index (χ3n) is 4.83. The van der Waals surface area contributed by atoms with E-state index in [2.05, 4.69) is 29.2 Å². The number of nitrogens with one attached hydrogen (secondary N) is 1. The van der Waals surface area contributed by atoms with E-state index in [1.165, 1.54) is 13.1 Å². The molecule has 0 radical (unpaired) electrons. The fraction of sp³-hybridized carbons (Fsp3) is 0.471. The largest absolute Gasteiger partial charge is 0.350 e. The molecule has 3 amide bonds. The van der Waals surface area contributed by atoms with Crippen LogP contribution in [0, 0.1) is 0 Å². The predicted molar refractivity (Wildman–Crippen MR) is 89.1 cm³/mol. The van der Waals surface area contributed by atoms with Crippen LogP contribution in [0.4, 0.5) is 0 Å². The zero-order chi connectivity index (χ0) is 17.4. The summed E-state index contributed by atoms with van der Waals surface area (Å²) in [7, 11) is 5.57. The van der Waals surface area contributed by atoms with Crippen LogP contribution < -0.4 is 5.32 Å². The second kappa shape index (κ2) is 6.33. The molecule has 0 bridgehead atoms. The molecule has 0 aliphatic carbocycles. The van der Waals surface area contributed by atoms with Gasteiger partial charge in [0.15, 0.2) is 0 Å². The summed E-state index contributed by atoms with van der Waals surface area (Å²) in [5.41, 5.74) is 1.05. The van der Waals surface area contributed by atoms with Gasteiger partial charge in [-0.1, -0.05) is 0 Å². The standard InChI is InChI=1S/C17H22N4O3/c1-19-6-7-20(2)12(10-19)9-18-15(22)11-4-5-13-14(8-11)17(24)21(3)16(13)23/h4-5,8,12H,6-7,9-10H2,1-3H3,(H,18,22). The summed E-state index contributed by atoms with van der Waals surface area (Å²) in [4.78, 5) is 41.8. The van der Waals surface area contributed by atoms with Gasteiger partial charge in [-0.05, 0) is 32.3 Å². The van der Waals surface area contributed by atoms with Crippen LogP contribution in [0.1, 0.15) is 31.1 Å². The van der Waals surface area contributed by atoms with E-state index in [4.69, 9.17) is 0 Å². The fourth-order valence-electron chi connectivity index (χ4n) is 3.14. The number of benzene rings is 1. The molecule has 0 spiro atoms. The second-order valence-corrected chi connectivity index (χ2v) is 6.54. The average molecular weight is 330 g/mol. The van der Waals surface area contributed by atoms with Crippen LogP contribution in [0.2, 0.25) is 0 Å². The lowest BCUT2D eigenvalue weighted by atomic mass is 10.1.